The molecule has 0 atom stereocenters. The SMILES string of the molecule is C[N+](C)(C)C.O=C(O)c1cccc(O)c1O. The molecule has 16 heavy (non-hydrogen) atoms. The highest BCUT2D eigenvalue weighted by Gasteiger charge is 2.11. The average Bonchev–Trinajstić information content (AvgIpc) is 2.06. The van der Waals surface area contributed by atoms with Crippen LogP contribution in [0.2, 0.25) is 0 Å². The summed E-state index contributed by atoms with van der Waals surface area (Å²) in [6.07, 6.45) is 0. The summed E-state index contributed by atoms with van der Waals surface area (Å²) < 4.78 is 1.00. The Bertz CT molecular complexity index is 363. The van der Waals surface area contributed by atoms with E-state index in [4.69, 9.17) is 15.3 Å². The third kappa shape index (κ3) is 5.87. The zero-order valence-electron chi connectivity index (χ0n) is 9.93. The molecule has 5 nitrogen and oxygen atoms in total. The van der Waals surface area contributed by atoms with E-state index in [1.54, 1.807) is 0 Å². The van der Waals surface area contributed by atoms with Gasteiger partial charge in [0.15, 0.2) is 11.5 Å². The van der Waals surface area contributed by atoms with Crippen molar-refractivity contribution in [3.8, 4) is 11.5 Å². The van der Waals surface area contributed by atoms with Crippen molar-refractivity contribution in [1.29, 1.82) is 0 Å². The van der Waals surface area contributed by atoms with Crippen molar-refractivity contribution in [3.05, 3.63) is 23.8 Å². The third-order valence-corrected chi connectivity index (χ3v) is 1.25. The van der Waals surface area contributed by atoms with Gasteiger partial charge in [-0.3, -0.25) is 0 Å². The number of para-hydroxylation sites is 1. The summed E-state index contributed by atoms with van der Waals surface area (Å²) in [6, 6.07) is 3.76. The molecular formula is C11H18NO4+. The Kier molecular flexibility index (Phi) is 4.78. The molecule has 0 amide bonds. The minimum atomic E-state index is -1.27. The number of phenolic OH excluding ortho intramolecular Hbond substituents is 1. The van der Waals surface area contributed by atoms with E-state index in [-0.39, 0.29) is 5.56 Å². The molecule has 1 aromatic rings. The molecule has 0 aliphatic heterocycles. The van der Waals surface area contributed by atoms with Crippen molar-refractivity contribution < 1.29 is 24.6 Å². The van der Waals surface area contributed by atoms with Gasteiger partial charge in [0.1, 0.15) is 5.56 Å². The summed E-state index contributed by atoms with van der Waals surface area (Å²) in [5.41, 5.74) is -0.301. The van der Waals surface area contributed by atoms with Gasteiger partial charge in [0.25, 0.3) is 0 Å². The fraction of sp³-hybridized carbons (Fsp3) is 0.364. The fourth-order valence-corrected chi connectivity index (χ4v) is 0.704. The molecule has 0 saturated heterocycles. The highest BCUT2D eigenvalue weighted by atomic mass is 16.4. The van der Waals surface area contributed by atoms with Crippen molar-refractivity contribution in [2.24, 2.45) is 0 Å². The Morgan fingerprint density at radius 2 is 1.56 bits per heavy atom. The van der Waals surface area contributed by atoms with E-state index >= 15 is 0 Å². The molecule has 0 fully saturated rings. The van der Waals surface area contributed by atoms with Crippen LogP contribution in [0.4, 0.5) is 0 Å². The topological polar surface area (TPSA) is 77.8 Å². The molecule has 0 saturated carbocycles. The molecule has 3 N–H and O–H groups in total. The first kappa shape index (κ1) is 14.2. The van der Waals surface area contributed by atoms with Crippen molar-refractivity contribution in [1.82, 2.24) is 0 Å². The second-order valence-electron chi connectivity index (χ2n) is 4.66. The zero-order chi connectivity index (χ0) is 12.9. The molecule has 5 heteroatoms. The maximum atomic E-state index is 10.3. The number of aromatic hydroxyl groups is 2. The van der Waals surface area contributed by atoms with Gasteiger partial charge in [0.05, 0.1) is 28.2 Å². The Morgan fingerprint density at radius 1 is 1.12 bits per heavy atom. The van der Waals surface area contributed by atoms with Gasteiger partial charge >= 0.3 is 5.97 Å². The number of hydrogen-bond donors (Lipinski definition) is 3. The second-order valence-corrected chi connectivity index (χ2v) is 4.66. The zero-order valence-corrected chi connectivity index (χ0v) is 9.93. The van der Waals surface area contributed by atoms with Crippen molar-refractivity contribution in [2.45, 2.75) is 0 Å². The van der Waals surface area contributed by atoms with Gasteiger partial charge in [-0.05, 0) is 12.1 Å². The van der Waals surface area contributed by atoms with Crippen LogP contribution in [-0.2, 0) is 0 Å². The highest BCUT2D eigenvalue weighted by molar-refractivity contribution is 5.91. The number of benzene rings is 1. The Balaban J connectivity index is 0.000000385. The number of quaternary nitrogens is 1. The molecule has 1 rings (SSSR count). The average molecular weight is 228 g/mol. The molecule has 0 aromatic heterocycles. The van der Waals surface area contributed by atoms with E-state index in [1.807, 2.05) is 0 Å². The Labute approximate surface area is 94.8 Å². The van der Waals surface area contributed by atoms with Crippen LogP contribution in [0.1, 0.15) is 10.4 Å². The molecule has 0 bridgehead atoms. The van der Waals surface area contributed by atoms with Gasteiger partial charge in [-0.15, -0.1) is 0 Å². The Hall–Kier alpha value is -1.75. The first-order valence-corrected chi connectivity index (χ1v) is 4.66. The van der Waals surface area contributed by atoms with Crippen LogP contribution in [-0.4, -0.2) is 54.0 Å². The van der Waals surface area contributed by atoms with Crippen molar-refractivity contribution in [2.75, 3.05) is 28.2 Å². The van der Waals surface area contributed by atoms with Crippen molar-refractivity contribution in [3.63, 3.8) is 0 Å². The summed E-state index contributed by atoms with van der Waals surface area (Å²) in [4.78, 5) is 10.3. The van der Waals surface area contributed by atoms with Crippen LogP contribution < -0.4 is 0 Å². The summed E-state index contributed by atoms with van der Waals surface area (Å²) >= 11 is 0. The van der Waals surface area contributed by atoms with Gasteiger partial charge in [-0.25, -0.2) is 4.79 Å². The number of carboxylic acid groups (broad SMARTS) is 1. The number of phenols is 2. The van der Waals surface area contributed by atoms with E-state index in [2.05, 4.69) is 28.2 Å². The summed E-state index contributed by atoms with van der Waals surface area (Å²) in [7, 11) is 8.50. The maximum absolute atomic E-state index is 10.3. The van der Waals surface area contributed by atoms with Crippen LogP contribution in [0.15, 0.2) is 18.2 Å². The monoisotopic (exact) mass is 228 g/mol. The lowest BCUT2D eigenvalue weighted by atomic mass is 10.2. The number of carbonyl (C=O) groups is 1. The summed E-state index contributed by atoms with van der Waals surface area (Å²) in [6.45, 7) is 0. The van der Waals surface area contributed by atoms with Gasteiger partial charge in [0.2, 0.25) is 0 Å². The van der Waals surface area contributed by atoms with Gasteiger partial charge in [-0.2, -0.15) is 0 Å². The first-order valence-electron chi connectivity index (χ1n) is 4.66. The number of rotatable bonds is 1. The highest BCUT2D eigenvalue weighted by Crippen LogP contribution is 2.27. The quantitative estimate of drug-likeness (QED) is 0.497. The van der Waals surface area contributed by atoms with E-state index in [0.717, 1.165) is 4.48 Å². The lowest BCUT2D eigenvalue weighted by molar-refractivity contribution is -0.849. The largest absolute Gasteiger partial charge is 0.504 e. The maximum Gasteiger partial charge on any atom is 0.339 e. The third-order valence-electron chi connectivity index (χ3n) is 1.25. The van der Waals surface area contributed by atoms with Crippen LogP contribution >= 0.6 is 0 Å². The van der Waals surface area contributed by atoms with Crippen LogP contribution in [0.5, 0.6) is 11.5 Å². The lowest BCUT2D eigenvalue weighted by Gasteiger charge is -2.14. The standard InChI is InChI=1S/C7H6O4.C4H12N/c8-5-3-1-2-4(6(5)9)7(10)11;1-5(2,3)4/h1-3,8-9H,(H,10,11);1-4H3/q;+1. The van der Waals surface area contributed by atoms with Gasteiger partial charge < -0.3 is 19.8 Å². The second kappa shape index (κ2) is 5.37. The molecule has 1 aromatic carbocycles. The van der Waals surface area contributed by atoms with E-state index in [0.29, 0.717) is 0 Å². The van der Waals surface area contributed by atoms with E-state index in [9.17, 15) is 4.79 Å². The first-order chi connectivity index (χ1) is 7.13. The van der Waals surface area contributed by atoms with Crippen LogP contribution in [0.25, 0.3) is 0 Å². The molecule has 90 valence electrons. The molecule has 0 unspecified atom stereocenters. The smallest absolute Gasteiger partial charge is 0.339 e. The number of nitrogens with zero attached hydrogens (tertiary/aromatic N) is 1. The van der Waals surface area contributed by atoms with Crippen molar-refractivity contribution >= 4 is 5.97 Å². The predicted molar refractivity (Wildman–Crippen MR) is 60.7 cm³/mol. The Morgan fingerprint density at radius 3 is 1.88 bits per heavy atom. The normalized spacial score (nSPS) is 10.2. The van der Waals surface area contributed by atoms with Crippen LogP contribution in [0.3, 0.4) is 0 Å². The molecular weight excluding hydrogens is 210 g/mol. The molecule has 0 heterocycles. The minimum Gasteiger partial charge on any atom is -0.504 e. The number of hydrogen-bond acceptors (Lipinski definition) is 3. The van der Waals surface area contributed by atoms with Gasteiger partial charge in [0, 0.05) is 0 Å². The fourth-order valence-electron chi connectivity index (χ4n) is 0.704. The number of aromatic carboxylic acids is 1. The van der Waals surface area contributed by atoms with Crippen LogP contribution in [0, 0.1) is 0 Å². The molecule has 0 aliphatic rings. The minimum absolute atomic E-state index is 0.301. The number of carboxylic acids is 1. The summed E-state index contributed by atoms with van der Waals surface area (Å²) in [5.74, 6) is -2.29. The molecule has 0 spiro atoms. The van der Waals surface area contributed by atoms with Gasteiger partial charge in [-0.1, -0.05) is 6.07 Å². The van der Waals surface area contributed by atoms with E-state index in [1.165, 1.54) is 18.2 Å². The molecule has 0 radical (unpaired) electrons. The lowest BCUT2D eigenvalue weighted by Crippen LogP contribution is -2.27. The molecule has 0 aliphatic carbocycles. The predicted octanol–water partition coefficient (Wildman–Crippen LogP) is 1.12. The van der Waals surface area contributed by atoms with E-state index < -0.39 is 17.5 Å². The summed E-state index contributed by atoms with van der Waals surface area (Å²) in [5, 5.41) is 26.2.